The van der Waals surface area contributed by atoms with Crippen molar-refractivity contribution in [3.63, 3.8) is 0 Å². The van der Waals surface area contributed by atoms with E-state index in [1.54, 1.807) is 0 Å². The third-order valence-corrected chi connectivity index (χ3v) is 20.6. The van der Waals surface area contributed by atoms with E-state index in [1.807, 2.05) is 0 Å². The van der Waals surface area contributed by atoms with E-state index in [2.05, 4.69) is 87.3 Å². The molecule has 473 valence electrons. The largest absolute Gasteiger partial charge is 2.00 e. The third-order valence-electron chi connectivity index (χ3n) is 20.6. The number of nitrogens with zero attached hydrogens (tertiary/aromatic N) is 2. The molecule has 0 aromatic heterocycles. The molecule has 0 aromatic rings. The van der Waals surface area contributed by atoms with Crippen LogP contribution in [0.1, 0.15) is 209 Å². The van der Waals surface area contributed by atoms with Crippen LogP contribution in [-0.2, 0) is 55.0 Å². The van der Waals surface area contributed by atoms with E-state index in [4.69, 9.17) is 48.5 Å². The van der Waals surface area contributed by atoms with Gasteiger partial charge in [0.05, 0.1) is 73.5 Å². The fraction of sp³-hybridized carbons (Fsp3) is 1.00. The predicted molar refractivity (Wildman–Crippen MR) is 318 cm³/mol. The zero-order valence-electron chi connectivity index (χ0n) is 51.9. The Morgan fingerprint density at radius 1 is 0.247 bits per heavy atom. The Labute approximate surface area is 503 Å². The predicted octanol–water partition coefficient (Wildman–Crippen LogP) is 10.5. The van der Waals surface area contributed by atoms with Gasteiger partial charge in [-0.15, -0.1) is 0 Å². The number of rotatable bonds is 32. The van der Waals surface area contributed by atoms with Crippen molar-refractivity contribution in [3.8, 4) is 0 Å². The van der Waals surface area contributed by atoms with Crippen LogP contribution in [0.2, 0.25) is 0 Å². The molecule has 9 rings (SSSR count). The van der Waals surface area contributed by atoms with Gasteiger partial charge in [-0.2, -0.15) is 0 Å². The van der Waals surface area contributed by atoms with E-state index in [-0.39, 0.29) is 163 Å². The first kappa shape index (κ1) is 66.8. The number of hydrogen-bond acceptors (Lipinski definition) is 14. The summed E-state index contributed by atoms with van der Waals surface area (Å²) >= 11 is 0. The number of unbranched alkanes of at least 4 members (excludes halogenated alkanes) is 8. The first-order valence-corrected chi connectivity index (χ1v) is 34.3. The molecule has 9 fully saturated rings. The number of fused-ring (bicyclic) bond motifs is 20. The van der Waals surface area contributed by atoms with Crippen LogP contribution >= 0.6 is 0 Å². The Kier molecular flexibility index (Phi) is 28.5. The number of ether oxygens (including phenoxy) is 8. The van der Waals surface area contributed by atoms with Crippen LogP contribution in [0.25, 0.3) is 10.6 Å². The van der Waals surface area contributed by atoms with Gasteiger partial charge in [-0.1, -0.05) is 131 Å². The SMILES string of the molecule is CCCCOC1CCC(OCCCC)C2C3[N-]C(NC4NC(NC5[N-]C(NC6NC(N3)C3C(OCCCC)CCC(OCCCC)C63)C3C(OCCCC)CCC(OCCCC)C53)C3C(OCCCC)CCC(OCCCC)C43)C12.[Cu+2]. The second-order valence-electron chi connectivity index (χ2n) is 26.0. The number of hydrogen-bond donors (Lipinski definition) is 6. The summed E-state index contributed by atoms with van der Waals surface area (Å²) in [5, 5.41) is 38.5. The molecule has 24 unspecified atom stereocenters. The molecule has 4 saturated carbocycles. The summed E-state index contributed by atoms with van der Waals surface area (Å²) in [6.45, 7) is 24.3. The van der Waals surface area contributed by atoms with E-state index in [1.165, 1.54) is 0 Å². The Hall–Kier alpha value is -0.121. The molecule has 0 spiro atoms. The van der Waals surface area contributed by atoms with E-state index in [9.17, 15) is 0 Å². The van der Waals surface area contributed by atoms with E-state index in [0.717, 1.165) is 207 Å². The van der Waals surface area contributed by atoms with Crippen molar-refractivity contribution in [1.82, 2.24) is 31.9 Å². The molecule has 17 heteroatoms. The monoisotopic (exact) mass is 1190 g/mol. The fourth-order valence-corrected chi connectivity index (χ4v) is 16.4. The quantitative estimate of drug-likeness (QED) is 0.0277. The molecule has 0 aromatic carbocycles. The molecule has 0 amide bonds. The van der Waals surface area contributed by atoms with Crippen LogP contribution in [0, 0.1) is 47.3 Å². The fourth-order valence-electron chi connectivity index (χ4n) is 16.4. The topological polar surface area (TPSA) is 174 Å². The Morgan fingerprint density at radius 3 is 0.568 bits per heavy atom. The van der Waals surface area contributed by atoms with E-state index < -0.39 is 0 Å². The maximum absolute atomic E-state index is 7.13. The minimum absolute atomic E-state index is 0. The summed E-state index contributed by atoms with van der Waals surface area (Å²) in [6, 6.07) is 0. The zero-order valence-corrected chi connectivity index (χ0v) is 52.9. The molecule has 4 aliphatic carbocycles. The van der Waals surface area contributed by atoms with Crippen molar-refractivity contribution in [3.05, 3.63) is 10.6 Å². The summed E-state index contributed by atoms with van der Waals surface area (Å²) in [6.07, 6.45) is 24.3. The van der Waals surface area contributed by atoms with Gasteiger partial charge in [-0.05, 0) is 126 Å². The molecule has 9 aliphatic rings. The smallest absolute Gasteiger partial charge is 0.631 e. The van der Waals surface area contributed by atoms with Gasteiger partial charge in [0.25, 0.3) is 0 Å². The minimum Gasteiger partial charge on any atom is -0.631 e. The molecule has 6 N–H and O–H groups in total. The summed E-state index contributed by atoms with van der Waals surface area (Å²) < 4.78 is 57.0. The van der Waals surface area contributed by atoms with Gasteiger partial charge in [-0.25, -0.2) is 0 Å². The first-order chi connectivity index (χ1) is 39.4. The normalized spacial score (nSPS) is 41.8. The van der Waals surface area contributed by atoms with Crippen LogP contribution in [0.5, 0.6) is 0 Å². The van der Waals surface area contributed by atoms with Gasteiger partial charge in [0.15, 0.2) is 0 Å². The molecule has 5 aliphatic heterocycles. The van der Waals surface area contributed by atoms with Crippen molar-refractivity contribution in [2.75, 3.05) is 52.9 Å². The maximum Gasteiger partial charge on any atom is 2.00 e. The van der Waals surface area contributed by atoms with Crippen molar-refractivity contribution in [1.29, 1.82) is 0 Å². The average molecular weight is 1190 g/mol. The van der Waals surface area contributed by atoms with Crippen LogP contribution in [0.15, 0.2) is 0 Å². The van der Waals surface area contributed by atoms with Crippen molar-refractivity contribution >= 4 is 0 Å². The molecule has 5 heterocycles. The van der Waals surface area contributed by atoms with Gasteiger partial charge in [-0.3, -0.25) is 10.6 Å². The van der Waals surface area contributed by atoms with Crippen molar-refractivity contribution < 1.29 is 55.0 Å². The molecule has 8 bridgehead atoms. The van der Waals surface area contributed by atoms with Gasteiger partial charge in [0.1, 0.15) is 0 Å². The van der Waals surface area contributed by atoms with Gasteiger partial charge < -0.3 is 69.8 Å². The average Bonchev–Trinajstić information content (AvgIpc) is 4.36. The molecule has 1 radical (unpaired) electrons. The molecule has 16 nitrogen and oxygen atoms in total. The molecule has 24 atom stereocenters. The van der Waals surface area contributed by atoms with E-state index in [0.29, 0.717) is 0 Å². The standard InChI is InChI=1S/C64H118N8O8.Cu/c1-9-17-33-73-41-25-26-42(74-34-18-10-2)50-49(41)57-65-58(50)70-60-53-45(77-37-21-13-5)29-30-46(78-38-22-14-6)54(53)62(67-60)72-64-56-48(80-40-24-16-8)32-31-47(79-39-23-15-7)55(56)63(68-64)71-61-52-44(76-36-20-12-4)28-27-43(75-35-19-11-3)51(52)59(66-61)69-57;/h41-65,68-72H,9-40H2,1-8H3;/q-2;+2. The second-order valence-corrected chi connectivity index (χ2v) is 26.0. The maximum atomic E-state index is 7.13. The summed E-state index contributed by atoms with van der Waals surface area (Å²) in [4.78, 5) is 0. The Balaban J connectivity index is 0.00000860. The molecule has 5 saturated heterocycles. The summed E-state index contributed by atoms with van der Waals surface area (Å²) in [5.74, 6) is 0.935. The molecular weight excluding hydrogens is 1070 g/mol. The Morgan fingerprint density at radius 2 is 0.407 bits per heavy atom. The molecular formula is C64H118CuN8O8. The minimum atomic E-state index is -0.191. The second kappa shape index (κ2) is 34.6. The zero-order chi connectivity index (χ0) is 55.8. The van der Waals surface area contributed by atoms with Gasteiger partial charge in [0, 0.05) is 76.5 Å². The van der Waals surface area contributed by atoms with Crippen LogP contribution in [-0.4, -0.2) is 151 Å². The first-order valence-electron chi connectivity index (χ1n) is 34.3. The van der Waals surface area contributed by atoms with Gasteiger partial charge in [0.2, 0.25) is 0 Å². The van der Waals surface area contributed by atoms with Crippen LogP contribution in [0.3, 0.4) is 0 Å². The third kappa shape index (κ3) is 16.4. The van der Waals surface area contributed by atoms with Crippen molar-refractivity contribution in [2.45, 2.75) is 308 Å². The van der Waals surface area contributed by atoms with Gasteiger partial charge >= 0.3 is 17.1 Å². The summed E-state index contributed by atoms with van der Waals surface area (Å²) in [7, 11) is 0. The van der Waals surface area contributed by atoms with Crippen molar-refractivity contribution in [2.24, 2.45) is 47.3 Å². The van der Waals surface area contributed by atoms with Crippen LogP contribution < -0.4 is 31.9 Å². The molecule has 81 heavy (non-hydrogen) atoms. The van der Waals surface area contributed by atoms with E-state index >= 15 is 0 Å². The number of nitrogens with one attached hydrogen (secondary N) is 6. The Bertz CT molecular complexity index is 1390. The van der Waals surface area contributed by atoms with Crippen LogP contribution in [0.4, 0.5) is 0 Å². The summed E-state index contributed by atoms with van der Waals surface area (Å²) in [5.41, 5.74) is 0.